The van der Waals surface area contributed by atoms with E-state index in [2.05, 4.69) is 5.32 Å². The molecule has 4 aromatic rings. The number of carbonyl (C=O) groups excluding carboxylic acids is 1. The second-order valence-electron chi connectivity index (χ2n) is 8.53. The quantitative estimate of drug-likeness (QED) is 0.283. The molecule has 0 saturated heterocycles. The van der Waals surface area contributed by atoms with Gasteiger partial charge >= 0.3 is 0 Å². The molecule has 0 heterocycles. The minimum atomic E-state index is -3.96. The lowest BCUT2D eigenvalue weighted by atomic mass is 10.0. The molecule has 6 nitrogen and oxygen atoms in total. The van der Waals surface area contributed by atoms with Gasteiger partial charge in [0.05, 0.1) is 35.8 Å². The Balaban J connectivity index is 1.72. The van der Waals surface area contributed by atoms with Crippen molar-refractivity contribution in [3.05, 3.63) is 126 Å². The maximum absolute atomic E-state index is 13.9. The third-order valence-corrected chi connectivity index (χ3v) is 7.92. The van der Waals surface area contributed by atoms with Crippen molar-refractivity contribution in [3.63, 3.8) is 0 Å². The summed E-state index contributed by atoms with van der Waals surface area (Å²) in [5.74, 6) is 0.387. The van der Waals surface area contributed by atoms with Crippen LogP contribution in [0.2, 0.25) is 0 Å². The van der Waals surface area contributed by atoms with E-state index < -0.39 is 10.0 Å². The number of carbonyl (C=O) groups is 1. The molecular formula is C30H30N2O4S. The summed E-state index contributed by atoms with van der Waals surface area (Å²) < 4.78 is 34.3. The molecular weight excluding hydrogens is 484 g/mol. The van der Waals surface area contributed by atoms with Crippen LogP contribution in [0.4, 0.5) is 5.69 Å². The Morgan fingerprint density at radius 2 is 1.43 bits per heavy atom. The first-order valence-corrected chi connectivity index (χ1v) is 13.5. The van der Waals surface area contributed by atoms with Crippen LogP contribution in [0.3, 0.4) is 0 Å². The number of para-hydroxylation sites is 1. The fraction of sp³-hybridized carbons (Fsp3) is 0.167. The Bertz CT molecular complexity index is 1420. The van der Waals surface area contributed by atoms with Crippen LogP contribution in [-0.2, 0) is 16.6 Å². The lowest BCUT2D eigenvalue weighted by Gasteiger charge is -2.27. The average Bonchev–Trinajstić information content (AvgIpc) is 2.95. The van der Waals surface area contributed by atoms with Gasteiger partial charge in [0.2, 0.25) is 0 Å². The number of benzene rings is 4. The van der Waals surface area contributed by atoms with Crippen LogP contribution in [0, 0.1) is 0 Å². The molecule has 7 heteroatoms. The molecule has 37 heavy (non-hydrogen) atoms. The van der Waals surface area contributed by atoms with Crippen molar-refractivity contribution in [1.29, 1.82) is 0 Å². The highest BCUT2D eigenvalue weighted by atomic mass is 32.2. The van der Waals surface area contributed by atoms with Gasteiger partial charge in [0.15, 0.2) is 0 Å². The van der Waals surface area contributed by atoms with Gasteiger partial charge in [0.1, 0.15) is 5.75 Å². The Hall–Kier alpha value is -4.10. The lowest BCUT2D eigenvalue weighted by molar-refractivity contribution is 0.0936. The summed E-state index contributed by atoms with van der Waals surface area (Å²) in [7, 11) is -2.36. The highest BCUT2D eigenvalue weighted by molar-refractivity contribution is 7.92. The summed E-state index contributed by atoms with van der Waals surface area (Å²) >= 11 is 0. The number of hydrogen-bond acceptors (Lipinski definition) is 4. The third kappa shape index (κ3) is 6.01. The number of amides is 1. The van der Waals surface area contributed by atoms with E-state index in [1.807, 2.05) is 61.5 Å². The molecule has 0 spiro atoms. The van der Waals surface area contributed by atoms with E-state index in [0.717, 1.165) is 16.9 Å². The van der Waals surface area contributed by atoms with E-state index in [1.165, 1.54) is 4.31 Å². The van der Waals surface area contributed by atoms with Crippen LogP contribution >= 0.6 is 0 Å². The van der Waals surface area contributed by atoms with Gasteiger partial charge in [-0.1, -0.05) is 79.7 Å². The number of anilines is 1. The number of nitrogens with one attached hydrogen (secondary N) is 1. The number of methoxy groups -OCH3 is 1. The SMILES string of the molecule is CCC(NC(=O)c1ccccc1N(Cc1ccccc1)S(=O)(=O)c1ccccc1)c1ccc(OC)cc1. The van der Waals surface area contributed by atoms with Crippen LogP contribution in [0.25, 0.3) is 0 Å². The van der Waals surface area contributed by atoms with Crippen molar-refractivity contribution in [2.24, 2.45) is 0 Å². The van der Waals surface area contributed by atoms with Gasteiger partial charge in [0.25, 0.3) is 15.9 Å². The topological polar surface area (TPSA) is 75.7 Å². The van der Waals surface area contributed by atoms with Gasteiger partial charge in [-0.05, 0) is 53.9 Å². The first-order valence-electron chi connectivity index (χ1n) is 12.1. The van der Waals surface area contributed by atoms with Crippen LogP contribution in [0.1, 0.15) is 40.9 Å². The monoisotopic (exact) mass is 514 g/mol. The molecule has 0 fully saturated rings. The van der Waals surface area contributed by atoms with Gasteiger partial charge < -0.3 is 10.1 Å². The van der Waals surface area contributed by atoms with Gasteiger partial charge in [-0.25, -0.2) is 8.42 Å². The zero-order chi connectivity index (χ0) is 26.3. The summed E-state index contributed by atoms with van der Waals surface area (Å²) in [5, 5.41) is 3.09. The molecule has 0 aliphatic heterocycles. The van der Waals surface area contributed by atoms with E-state index in [0.29, 0.717) is 12.1 Å². The van der Waals surface area contributed by atoms with Crippen LogP contribution < -0.4 is 14.4 Å². The zero-order valence-electron chi connectivity index (χ0n) is 20.9. The zero-order valence-corrected chi connectivity index (χ0v) is 21.7. The Labute approximate surface area is 218 Å². The molecule has 0 radical (unpaired) electrons. The smallest absolute Gasteiger partial charge is 0.264 e. The lowest BCUT2D eigenvalue weighted by Crippen LogP contribution is -2.34. The third-order valence-electron chi connectivity index (χ3n) is 6.15. The predicted octanol–water partition coefficient (Wildman–Crippen LogP) is 5.97. The van der Waals surface area contributed by atoms with Crippen molar-refractivity contribution in [1.82, 2.24) is 5.32 Å². The van der Waals surface area contributed by atoms with Crippen molar-refractivity contribution in [2.45, 2.75) is 30.8 Å². The minimum Gasteiger partial charge on any atom is -0.497 e. The first kappa shape index (κ1) is 26.0. The first-order chi connectivity index (χ1) is 17.9. The fourth-order valence-corrected chi connectivity index (χ4v) is 5.64. The molecule has 0 aliphatic carbocycles. The highest BCUT2D eigenvalue weighted by Gasteiger charge is 2.29. The highest BCUT2D eigenvalue weighted by Crippen LogP contribution is 2.30. The maximum Gasteiger partial charge on any atom is 0.264 e. The normalized spacial score (nSPS) is 11.9. The van der Waals surface area contributed by atoms with Gasteiger partial charge in [-0.3, -0.25) is 9.10 Å². The molecule has 0 bridgehead atoms. The molecule has 190 valence electrons. The van der Waals surface area contributed by atoms with Crippen LogP contribution in [0.15, 0.2) is 114 Å². The number of nitrogens with zero attached hydrogens (tertiary/aromatic N) is 1. The molecule has 1 atom stereocenters. The van der Waals surface area contributed by atoms with E-state index >= 15 is 0 Å². The van der Waals surface area contributed by atoms with Gasteiger partial charge in [0, 0.05) is 0 Å². The summed E-state index contributed by atoms with van der Waals surface area (Å²) in [6.07, 6.45) is 0.663. The summed E-state index contributed by atoms with van der Waals surface area (Å²) in [6.45, 7) is 2.07. The molecule has 1 unspecified atom stereocenters. The molecule has 1 amide bonds. The second kappa shape index (κ2) is 11.8. The fourth-order valence-electron chi connectivity index (χ4n) is 4.15. The standard InChI is InChI=1S/C30H30N2O4S/c1-3-28(24-18-20-25(36-2)21-19-24)31-30(33)27-16-10-11-17-29(27)32(22-23-12-6-4-7-13-23)37(34,35)26-14-8-5-9-15-26/h4-21,28H,3,22H2,1-2H3,(H,31,33). The van der Waals surface area contributed by atoms with Gasteiger partial charge in [-0.2, -0.15) is 0 Å². The number of ether oxygens (including phenoxy) is 1. The van der Waals surface area contributed by atoms with E-state index in [4.69, 9.17) is 4.74 Å². The molecule has 1 N–H and O–H groups in total. The number of sulfonamides is 1. The van der Waals surface area contributed by atoms with Crippen molar-refractivity contribution < 1.29 is 17.9 Å². The predicted molar refractivity (Wildman–Crippen MR) is 146 cm³/mol. The largest absolute Gasteiger partial charge is 0.497 e. The van der Waals surface area contributed by atoms with Crippen LogP contribution in [-0.4, -0.2) is 21.4 Å². The Morgan fingerprint density at radius 3 is 2.05 bits per heavy atom. The van der Waals surface area contributed by atoms with Crippen LogP contribution in [0.5, 0.6) is 5.75 Å². The number of hydrogen-bond donors (Lipinski definition) is 1. The summed E-state index contributed by atoms with van der Waals surface area (Å²) in [4.78, 5) is 13.8. The Morgan fingerprint density at radius 1 is 0.838 bits per heavy atom. The summed E-state index contributed by atoms with van der Waals surface area (Å²) in [5.41, 5.74) is 2.34. The number of rotatable bonds is 10. The van der Waals surface area contributed by atoms with Crippen molar-refractivity contribution >= 4 is 21.6 Å². The van der Waals surface area contributed by atoms with Crippen molar-refractivity contribution in [3.8, 4) is 5.75 Å². The Kier molecular flexibility index (Phi) is 8.25. The average molecular weight is 515 g/mol. The molecule has 4 aromatic carbocycles. The second-order valence-corrected chi connectivity index (χ2v) is 10.4. The van der Waals surface area contributed by atoms with E-state index in [1.54, 1.807) is 61.7 Å². The molecule has 0 saturated carbocycles. The van der Waals surface area contributed by atoms with E-state index in [-0.39, 0.29) is 29.0 Å². The molecule has 0 aromatic heterocycles. The van der Waals surface area contributed by atoms with Gasteiger partial charge in [-0.15, -0.1) is 0 Å². The summed E-state index contributed by atoms with van der Waals surface area (Å²) in [6, 6.07) is 31.7. The molecule has 4 rings (SSSR count). The van der Waals surface area contributed by atoms with Crippen molar-refractivity contribution in [2.75, 3.05) is 11.4 Å². The maximum atomic E-state index is 13.9. The molecule has 0 aliphatic rings. The minimum absolute atomic E-state index is 0.0814. The van der Waals surface area contributed by atoms with E-state index in [9.17, 15) is 13.2 Å².